The van der Waals surface area contributed by atoms with Gasteiger partial charge in [-0.2, -0.15) is 0 Å². The molecular weight excluding hydrogens is 279 g/mol. The predicted molar refractivity (Wildman–Crippen MR) is 77.3 cm³/mol. The summed E-state index contributed by atoms with van der Waals surface area (Å²) in [5, 5.41) is 7.70. The van der Waals surface area contributed by atoms with Gasteiger partial charge in [0, 0.05) is 18.7 Å². The number of rotatable bonds is 4. The summed E-state index contributed by atoms with van der Waals surface area (Å²) in [5.74, 6) is 0. The highest BCUT2D eigenvalue weighted by Crippen LogP contribution is 2.28. The maximum absolute atomic E-state index is 6.07. The summed E-state index contributed by atoms with van der Waals surface area (Å²) in [6, 6.07) is 3.55. The molecule has 0 aliphatic heterocycles. The van der Waals surface area contributed by atoms with Gasteiger partial charge < -0.3 is 15.4 Å². The van der Waals surface area contributed by atoms with Crippen LogP contribution in [-0.2, 0) is 4.74 Å². The maximum Gasteiger partial charge on any atom is 0.170 e. The summed E-state index contributed by atoms with van der Waals surface area (Å²) in [4.78, 5) is 0. The summed E-state index contributed by atoms with van der Waals surface area (Å²) in [7, 11) is 1.63. The Bertz CT molecular complexity index is 413. The lowest BCUT2D eigenvalue weighted by Gasteiger charge is -2.12. The SMILES string of the molecule is COCCNC(=S)Nc1cc(Cl)c(C)cc1Cl. The molecule has 0 unspecified atom stereocenters. The van der Waals surface area contributed by atoms with Crippen molar-refractivity contribution in [3.05, 3.63) is 27.7 Å². The number of ether oxygens (including phenoxy) is 1. The molecule has 3 nitrogen and oxygen atoms in total. The number of hydrogen-bond acceptors (Lipinski definition) is 2. The van der Waals surface area contributed by atoms with Crippen molar-refractivity contribution < 1.29 is 4.74 Å². The Morgan fingerprint density at radius 3 is 2.71 bits per heavy atom. The Balaban J connectivity index is 2.62. The minimum atomic E-state index is 0.490. The van der Waals surface area contributed by atoms with E-state index >= 15 is 0 Å². The smallest absolute Gasteiger partial charge is 0.170 e. The lowest BCUT2D eigenvalue weighted by Crippen LogP contribution is -2.31. The van der Waals surface area contributed by atoms with Crippen molar-refractivity contribution in [1.82, 2.24) is 5.32 Å². The fourth-order valence-electron chi connectivity index (χ4n) is 1.18. The third kappa shape index (κ3) is 4.68. The Morgan fingerprint density at radius 1 is 1.35 bits per heavy atom. The first-order valence-electron chi connectivity index (χ1n) is 5.04. The molecule has 0 bridgehead atoms. The van der Waals surface area contributed by atoms with Crippen molar-refractivity contribution in [3.8, 4) is 0 Å². The lowest BCUT2D eigenvalue weighted by atomic mass is 10.2. The molecule has 0 aliphatic carbocycles. The average Bonchev–Trinajstić information content (AvgIpc) is 2.26. The highest BCUT2D eigenvalue weighted by molar-refractivity contribution is 7.80. The van der Waals surface area contributed by atoms with Crippen LogP contribution in [0.3, 0.4) is 0 Å². The van der Waals surface area contributed by atoms with Crippen molar-refractivity contribution in [1.29, 1.82) is 0 Å². The van der Waals surface area contributed by atoms with Crippen molar-refractivity contribution in [2.75, 3.05) is 25.6 Å². The molecule has 1 aromatic carbocycles. The molecule has 0 spiro atoms. The molecule has 2 N–H and O–H groups in total. The Hall–Kier alpha value is -0.550. The Kier molecular flexibility index (Phi) is 5.98. The van der Waals surface area contributed by atoms with Gasteiger partial charge in [0.2, 0.25) is 0 Å². The van der Waals surface area contributed by atoms with Gasteiger partial charge in [0.25, 0.3) is 0 Å². The number of nitrogens with one attached hydrogen (secondary N) is 2. The van der Waals surface area contributed by atoms with Crippen LogP contribution in [0.25, 0.3) is 0 Å². The average molecular weight is 293 g/mol. The van der Waals surface area contributed by atoms with E-state index in [-0.39, 0.29) is 0 Å². The van der Waals surface area contributed by atoms with Crippen LogP contribution in [0.5, 0.6) is 0 Å². The number of thiocarbonyl (C=S) groups is 1. The highest BCUT2D eigenvalue weighted by atomic mass is 35.5. The van der Waals surface area contributed by atoms with Gasteiger partial charge in [0.05, 0.1) is 17.3 Å². The van der Waals surface area contributed by atoms with Crippen LogP contribution in [0.4, 0.5) is 5.69 Å². The fourth-order valence-corrected chi connectivity index (χ4v) is 1.82. The van der Waals surface area contributed by atoms with Gasteiger partial charge in [0.15, 0.2) is 5.11 Å². The topological polar surface area (TPSA) is 33.3 Å². The van der Waals surface area contributed by atoms with Gasteiger partial charge >= 0.3 is 0 Å². The molecule has 0 saturated carbocycles. The third-order valence-corrected chi connectivity index (χ3v) is 3.05. The number of methoxy groups -OCH3 is 1. The number of hydrogen-bond donors (Lipinski definition) is 2. The van der Waals surface area contributed by atoms with Crippen molar-refractivity contribution in [3.63, 3.8) is 0 Å². The zero-order valence-corrected chi connectivity index (χ0v) is 12.0. The van der Waals surface area contributed by atoms with Crippen molar-refractivity contribution in [2.24, 2.45) is 0 Å². The zero-order valence-electron chi connectivity index (χ0n) is 9.64. The van der Waals surface area contributed by atoms with Crippen LogP contribution >= 0.6 is 35.4 Å². The van der Waals surface area contributed by atoms with E-state index in [1.54, 1.807) is 19.2 Å². The highest BCUT2D eigenvalue weighted by Gasteiger charge is 2.05. The van der Waals surface area contributed by atoms with E-state index in [4.69, 9.17) is 40.2 Å². The summed E-state index contributed by atoms with van der Waals surface area (Å²) in [6.07, 6.45) is 0. The Morgan fingerprint density at radius 2 is 2.06 bits per heavy atom. The van der Waals surface area contributed by atoms with E-state index in [0.717, 1.165) is 5.56 Å². The van der Waals surface area contributed by atoms with Crippen molar-refractivity contribution in [2.45, 2.75) is 6.92 Å². The predicted octanol–water partition coefficient (Wildman–Crippen LogP) is 3.23. The summed E-state index contributed by atoms with van der Waals surface area (Å²) >= 11 is 17.2. The van der Waals surface area contributed by atoms with Crippen LogP contribution in [0.2, 0.25) is 10.0 Å². The van der Waals surface area contributed by atoms with Crippen LogP contribution < -0.4 is 10.6 Å². The molecular formula is C11H14Cl2N2OS. The second-order valence-electron chi connectivity index (χ2n) is 3.45. The quantitative estimate of drug-likeness (QED) is 0.659. The van der Waals surface area contributed by atoms with E-state index in [2.05, 4.69) is 10.6 Å². The number of aryl methyl sites for hydroxylation is 1. The van der Waals surface area contributed by atoms with E-state index in [9.17, 15) is 0 Å². The molecule has 0 heterocycles. The zero-order chi connectivity index (χ0) is 12.8. The van der Waals surface area contributed by atoms with Crippen LogP contribution in [0, 0.1) is 6.92 Å². The van der Waals surface area contributed by atoms with Gasteiger partial charge in [-0.3, -0.25) is 0 Å². The molecule has 0 aromatic heterocycles. The molecule has 0 atom stereocenters. The number of anilines is 1. The summed E-state index contributed by atoms with van der Waals surface area (Å²) in [6.45, 7) is 3.12. The van der Waals surface area contributed by atoms with Crippen LogP contribution in [-0.4, -0.2) is 25.4 Å². The molecule has 1 aromatic rings. The number of halogens is 2. The first-order chi connectivity index (χ1) is 8.04. The molecule has 94 valence electrons. The van der Waals surface area contributed by atoms with Gasteiger partial charge in [-0.1, -0.05) is 23.2 Å². The van der Waals surface area contributed by atoms with E-state index in [0.29, 0.717) is 34.0 Å². The van der Waals surface area contributed by atoms with Gasteiger partial charge in [-0.25, -0.2) is 0 Å². The Labute approximate surface area is 116 Å². The molecule has 1 rings (SSSR count). The second kappa shape index (κ2) is 7.01. The lowest BCUT2D eigenvalue weighted by molar-refractivity contribution is 0.204. The van der Waals surface area contributed by atoms with E-state index < -0.39 is 0 Å². The van der Waals surface area contributed by atoms with E-state index in [1.807, 2.05) is 6.92 Å². The molecule has 17 heavy (non-hydrogen) atoms. The fraction of sp³-hybridized carbons (Fsp3) is 0.364. The molecule has 0 fully saturated rings. The summed E-state index contributed by atoms with van der Waals surface area (Å²) in [5.41, 5.74) is 1.62. The summed E-state index contributed by atoms with van der Waals surface area (Å²) < 4.78 is 4.90. The molecule has 0 saturated heterocycles. The number of benzene rings is 1. The first-order valence-corrected chi connectivity index (χ1v) is 6.20. The second-order valence-corrected chi connectivity index (χ2v) is 4.68. The monoisotopic (exact) mass is 292 g/mol. The largest absolute Gasteiger partial charge is 0.383 e. The minimum Gasteiger partial charge on any atom is -0.383 e. The molecule has 0 aliphatic rings. The van der Waals surface area contributed by atoms with Crippen LogP contribution in [0.1, 0.15) is 5.56 Å². The molecule has 6 heteroatoms. The van der Waals surface area contributed by atoms with Gasteiger partial charge in [-0.05, 0) is 36.8 Å². The normalized spacial score (nSPS) is 10.1. The molecule has 0 radical (unpaired) electrons. The van der Waals surface area contributed by atoms with Gasteiger partial charge in [-0.15, -0.1) is 0 Å². The van der Waals surface area contributed by atoms with E-state index in [1.165, 1.54) is 0 Å². The standard InChI is InChI=1S/C11H14Cl2N2OS/c1-7-5-9(13)10(6-8(7)12)15-11(17)14-3-4-16-2/h5-6H,3-4H2,1-2H3,(H2,14,15,17). The third-order valence-electron chi connectivity index (χ3n) is 2.09. The minimum absolute atomic E-state index is 0.490. The van der Waals surface area contributed by atoms with Crippen molar-refractivity contribution >= 4 is 46.2 Å². The van der Waals surface area contributed by atoms with Gasteiger partial charge in [0.1, 0.15) is 0 Å². The molecule has 0 amide bonds. The maximum atomic E-state index is 6.07. The first kappa shape index (κ1) is 14.5. The van der Waals surface area contributed by atoms with Crippen LogP contribution in [0.15, 0.2) is 12.1 Å².